The van der Waals surface area contributed by atoms with Crippen molar-refractivity contribution in [3.63, 3.8) is 0 Å². The fourth-order valence-corrected chi connectivity index (χ4v) is 0.134. The molecule has 0 aliphatic rings. The minimum Gasteiger partial charge on any atom is -0.251 e. The second-order valence-electron chi connectivity index (χ2n) is 1.04. The van der Waals surface area contributed by atoms with Crippen LogP contribution in [0, 0.1) is 0 Å². The molecule has 1 heteroatoms. The van der Waals surface area contributed by atoms with Gasteiger partial charge in [0.2, 0.25) is 0 Å². The summed E-state index contributed by atoms with van der Waals surface area (Å²) in [5.74, 6) is 0. The van der Waals surface area contributed by atoms with Gasteiger partial charge in [0.15, 0.2) is 0 Å². The lowest BCUT2D eigenvalue weighted by molar-refractivity contribution is 0.469. The maximum atomic E-state index is 11.0. The summed E-state index contributed by atoms with van der Waals surface area (Å²) >= 11 is 0. The molecule has 0 bridgehead atoms. The van der Waals surface area contributed by atoms with E-state index >= 15 is 0 Å². The molecule has 60 valence electrons. The number of hydrogen-bond acceptors (Lipinski definition) is 0. The molecule has 0 aromatic rings. The molecule has 0 aromatic carbocycles. The minimum atomic E-state index is -0.156. The number of halogens is 1. The van der Waals surface area contributed by atoms with E-state index < -0.39 is 0 Å². The van der Waals surface area contributed by atoms with E-state index in [4.69, 9.17) is 0 Å². The molecule has 0 heterocycles. The van der Waals surface area contributed by atoms with E-state index in [-0.39, 0.29) is 6.67 Å². The summed E-state index contributed by atoms with van der Waals surface area (Å²) in [4.78, 5) is 0. The van der Waals surface area contributed by atoms with Gasteiger partial charge in [-0.2, -0.15) is 0 Å². The molecule has 0 radical (unpaired) electrons. The van der Waals surface area contributed by atoms with Gasteiger partial charge in [-0.15, -0.1) is 0 Å². The summed E-state index contributed by atoms with van der Waals surface area (Å²) in [6, 6.07) is 0. The lowest BCUT2D eigenvalue weighted by Crippen LogP contribution is -1.67. The third-order valence-corrected chi connectivity index (χ3v) is 0.487. The van der Waals surface area contributed by atoms with Crippen LogP contribution in [0.5, 0.6) is 0 Å². The molecule has 0 aliphatic heterocycles. The SMILES string of the molecule is CC.CC.CCCCF. The molecule has 0 atom stereocenters. The van der Waals surface area contributed by atoms with Gasteiger partial charge in [-0.05, 0) is 6.42 Å². The number of rotatable bonds is 2. The first-order chi connectivity index (χ1) is 4.41. The minimum absolute atomic E-state index is 0.156. The molecule has 0 amide bonds. The van der Waals surface area contributed by atoms with Crippen molar-refractivity contribution in [1.29, 1.82) is 0 Å². The Morgan fingerprint density at radius 3 is 1.33 bits per heavy atom. The predicted molar refractivity (Wildman–Crippen MR) is 43.6 cm³/mol. The van der Waals surface area contributed by atoms with E-state index in [1.54, 1.807) is 0 Å². The highest BCUT2D eigenvalue weighted by atomic mass is 19.1. The van der Waals surface area contributed by atoms with Gasteiger partial charge in [0.1, 0.15) is 0 Å². The van der Waals surface area contributed by atoms with Gasteiger partial charge in [0.25, 0.3) is 0 Å². The molecule has 0 N–H and O–H groups in total. The Kier molecular flexibility index (Phi) is 78.7. The van der Waals surface area contributed by atoms with Crippen molar-refractivity contribution in [2.45, 2.75) is 47.5 Å². The van der Waals surface area contributed by atoms with Crippen LogP contribution in [-0.2, 0) is 0 Å². The zero-order valence-corrected chi connectivity index (χ0v) is 7.50. The summed E-state index contributed by atoms with van der Waals surface area (Å²) in [6.45, 7) is 9.82. The summed E-state index contributed by atoms with van der Waals surface area (Å²) in [7, 11) is 0. The molecule has 0 rings (SSSR count). The number of alkyl halides is 1. The summed E-state index contributed by atoms with van der Waals surface area (Å²) in [6.07, 6.45) is 1.69. The standard InChI is InChI=1S/C4H9F.2C2H6/c1-2-3-4-5;2*1-2/h2-4H2,1H3;2*1-2H3. The van der Waals surface area contributed by atoms with Crippen molar-refractivity contribution < 1.29 is 4.39 Å². The predicted octanol–water partition coefficient (Wildman–Crippen LogP) is 3.81. The van der Waals surface area contributed by atoms with E-state index in [0.717, 1.165) is 12.8 Å². The van der Waals surface area contributed by atoms with Crippen LogP contribution in [0.3, 0.4) is 0 Å². The lowest BCUT2D eigenvalue weighted by Gasteiger charge is -1.76. The van der Waals surface area contributed by atoms with Crippen LogP contribution in [0.15, 0.2) is 0 Å². The first-order valence-electron chi connectivity index (χ1n) is 3.97. The normalized spacial score (nSPS) is 6.00. The van der Waals surface area contributed by atoms with Crippen LogP contribution in [0.25, 0.3) is 0 Å². The third kappa shape index (κ3) is 74.9. The van der Waals surface area contributed by atoms with Crippen LogP contribution < -0.4 is 0 Å². The zero-order chi connectivity index (χ0) is 8.12. The fourth-order valence-electron chi connectivity index (χ4n) is 0.134. The Morgan fingerprint density at radius 1 is 1.00 bits per heavy atom. The fraction of sp³-hybridized carbons (Fsp3) is 1.00. The van der Waals surface area contributed by atoms with Crippen molar-refractivity contribution in [2.24, 2.45) is 0 Å². The van der Waals surface area contributed by atoms with E-state index in [9.17, 15) is 4.39 Å². The van der Waals surface area contributed by atoms with Crippen molar-refractivity contribution >= 4 is 0 Å². The van der Waals surface area contributed by atoms with Crippen molar-refractivity contribution in [2.75, 3.05) is 6.67 Å². The molecule has 9 heavy (non-hydrogen) atoms. The monoisotopic (exact) mass is 136 g/mol. The number of unbranched alkanes of at least 4 members (excludes halogenated alkanes) is 1. The van der Waals surface area contributed by atoms with Crippen molar-refractivity contribution in [3.05, 3.63) is 0 Å². The Bertz CT molecular complexity index is 12.0. The van der Waals surface area contributed by atoms with Gasteiger partial charge in [-0.1, -0.05) is 41.0 Å². The van der Waals surface area contributed by atoms with E-state index in [1.807, 2.05) is 34.6 Å². The van der Waals surface area contributed by atoms with Gasteiger partial charge >= 0.3 is 0 Å². The Morgan fingerprint density at radius 2 is 1.33 bits per heavy atom. The Labute approximate surface area is 59.5 Å². The van der Waals surface area contributed by atoms with Crippen molar-refractivity contribution in [1.82, 2.24) is 0 Å². The van der Waals surface area contributed by atoms with Gasteiger partial charge in [0.05, 0.1) is 6.67 Å². The summed E-state index contributed by atoms with van der Waals surface area (Å²) < 4.78 is 11.0. The van der Waals surface area contributed by atoms with Gasteiger partial charge < -0.3 is 0 Å². The smallest absolute Gasteiger partial charge is 0.0894 e. The van der Waals surface area contributed by atoms with Gasteiger partial charge in [-0.3, -0.25) is 4.39 Å². The molecule has 0 aliphatic carbocycles. The largest absolute Gasteiger partial charge is 0.251 e. The zero-order valence-electron chi connectivity index (χ0n) is 7.50. The van der Waals surface area contributed by atoms with Crippen LogP contribution in [-0.4, -0.2) is 6.67 Å². The highest BCUT2D eigenvalue weighted by Gasteiger charge is 1.71. The average Bonchev–Trinajstić information content (AvgIpc) is 1.98. The lowest BCUT2D eigenvalue weighted by atomic mass is 10.4. The topological polar surface area (TPSA) is 0 Å². The van der Waals surface area contributed by atoms with Crippen LogP contribution >= 0.6 is 0 Å². The highest BCUT2D eigenvalue weighted by molar-refractivity contribution is 4.23. The molecule has 0 fully saturated rings. The third-order valence-electron chi connectivity index (χ3n) is 0.487. The molecule has 0 nitrogen and oxygen atoms in total. The maximum Gasteiger partial charge on any atom is 0.0894 e. The first-order valence-corrected chi connectivity index (χ1v) is 3.97. The molecule has 0 aromatic heterocycles. The number of hydrogen-bond donors (Lipinski definition) is 0. The molecular formula is C8H21F. The first kappa shape index (κ1) is 16.0. The van der Waals surface area contributed by atoms with Crippen LogP contribution in [0.2, 0.25) is 0 Å². The second-order valence-corrected chi connectivity index (χ2v) is 1.04. The summed E-state index contributed by atoms with van der Waals surface area (Å²) in [5.41, 5.74) is 0. The van der Waals surface area contributed by atoms with E-state index in [0.29, 0.717) is 0 Å². The molecule has 0 spiro atoms. The molecule has 0 unspecified atom stereocenters. The van der Waals surface area contributed by atoms with Crippen LogP contribution in [0.4, 0.5) is 4.39 Å². The molecular weight excluding hydrogens is 115 g/mol. The molecule has 0 saturated heterocycles. The quantitative estimate of drug-likeness (QED) is 0.541. The van der Waals surface area contributed by atoms with Gasteiger partial charge in [-0.25, -0.2) is 0 Å². The van der Waals surface area contributed by atoms with Crippen molar-refractivity contribution in [3.8, 4) is 0 Å². The van der Waals surface area contributed by atoms with E-state index in [1.165, 1.54) is 0 Å². The molecule has 0 saturated carbocycles. The Hall–Kier alpha value is -0.0700. The van der Waals surface area contributed by atoms with E-state index in [2.05, 4.69) is 0 Å². The highest BCUT2D eigenvalue weighted by Crippen LogP contribution is 1.83. The van der Waals surface area contributed by atoms with Crippen LogP contribution in [0.1, 0.15) is 47.5 Å². The van der Waals surface area contributed by atoms with Gasteiger partial charge in [0, 0.05) is 0 Å². The average molecular weight is 136 g/mol. The second kappa shape index (κ2) is 44.4. The summed E-state index contributed by atoms with van der Waals surface area (Å²) in [5, 5.41) is 0. The maximum absolute atomic E-state index is 11.0. The Balaban J connectivity index is -0.0000000771.